The summed E-state index contributed by atoms with van der Waals surface area (Å²) < 4.78 is 10.2. The molecule has 2 rings (SSSR count). The van der Waals surface area contributed by atoms with E-state index in [0.29, 0.717) is 28.6 Å². The number of hydrogen-bond acceptors (Lipinski definition) is 5. The number of ether oxygens (including phenoxy) is 1. The van der Waals surface area contributed by atoms with Gasteiger partial charge in [-0.15, -0.1) is 11.8 Å². The van der Waals surface area contributed by atoms with E-state index in [1.54, 1.807) is 13.0 Å². The van der Waals surface area contributed by atoms with E-state index >= 15 is 0 Å². The maximum absolute atomic E-state index is 12.0. The normalized spacial score (nSPS) is 11.8. The van der Waals surface area contributed by atoms with Crippen molar-refractivity contribution < 1.29 is 18.7 Å². The van der Waals surface area contributed by atoms with E-state index in [-0.39, 0.29) is 11.9 Å². The van der Waals surface area contributed by atoms with Crippen LogP contribution in [0, 0.1) is 6.92 Å². The van der Waals surface area contributed by atoms with E-state index < -0.39 is 5.97 Å². The van der Waals surface area contributed by atoms with E-state index in [1.807, 2.05) is 37.3 Å². The number of aryl methyl sites for hydroxylation is 1. The Hall–Kier alpha value is -2.21. The number of rotatable bonds is 7. The zero-order chi connectivity index (χ0) is 17.5. The average molecular weight is 347 g/mol. The number of benzene rings is 1. The largest absolute Gasteiger partial charge is 0.465 e. The van der Waals surface area contributed by atoms with Crippen molar-refractivity contribution in [3.05, 3.63) is 59.0 Å². The molecule has 0 aliphatic carbocycles. The van der Waals surface area contributed by atoms with Crippen molar-refractivity contribution in [2.45, 2.75) is 25.6 Å². The van der Waals surface area contributed by atoms with Gasteiger partial charge in [0.1, 0.15) is 17.1 Å². The van der Waals surface area contributed by atoms with Gasteiger partial charge in [0.25, 0.3) is 0 Å². The molecule has 1 amide bonds. The van der Waals surface area contributed by atoms with Crippen LogP contribution < -0.4 is 5.32 Å². The molecule has 2 aromatic rings. The van der Waals surface area contributed by atoms with E-state index in [4.69, 9.17) is 4.42 Å². The summed E-state index contributed by atoms with van der Waals surface area (Å²) in [7, 11) is 1.33. The van der Waals surface area contributed by atoms with Crippen molar-refractivity contribution in [1.82, 2.24) is 5.32 Å². The lowest BCUT2D eigenvalue weighted by molar-refractivity contribution is -0.119. The SMILES string of the molecule is COC(=O)c1cc(CSCC(=O)N[C@H](C)c2ccccc2)oc1C. The van der Waals surface area contributed by atoms with Gasteiger partial charge in [0, 0.05) is 0 Å². The van der Waals surface area contributed by atoms with Crippen LogP contribution in [0.5, 0.6) is 0 Å². The first-order valence-electron chi connectivity index (χ1n) is 7.61. The summed E-state index contributed by atoms with van der Waals surface area (Å²) in [6.45, 7) is 3.67. The molecule has 1 N–H and O–H groups in total. The minimum absolute atomic E-state index is 0.0314. The van der Waals surface area contributed by atoms with Crippen LogP contribution in [0.25, 0.3) is 0 Å². The van der Waals surface area contributed by atoms with Crippen LogP contribution in [0.1, 0.15) is 40.4 Å². The predicted octanol–water partition coefficient (Wildman–Crippen LogP) is 3.49. The van der Waals surface area contributed by atoms with E-state index in [1.165, 1.54) is 18.9 Å². The third kappa shape index (κ3) is 4.89. The summed E-state index contributed by atoms with van der Waals surface area (Å²) in [4.78, 5) is 23.5. The zero-order valence-corrected chi connectivity index (χ0v) is 14.8. The summed E-state index contributed by atoms with van der Waals surface area (Å²) in [5.41, 5.74) is 1.50. The molecule has 0 bridgehead atoms. The van der Waals surface area contributed by atoms with Crippen LogP contribution >= 0.6 is 11.8 Å². The van der Waals surface area contributed by atoms with Crippen LogP contribution in [0.4, 0.5) is 0 Å². The lowest BCUT2D eigenvalue weighted by atomic mass is 10.1. The molecule has 1 heterocycles. The maximum atomic E-state index is 12.0. The van der Waals surface area contributed by atoms with Gasteiger partial charge in [0.15, 0.2) is 0 Å². The van der Waals surface area contributed by atoms with Crippen molar-refractivity contribution in [2.24, 2.45) is 0 Å². The number of amides is 1. The van der Waals surface area contributed by atoms with Crippen LogP contribution in [-0.4, -0.2) is 24.7 Å². The Morgan fingerprint density at radius 2 is 2.00 bits per heavy atom. The monoisotopic (exact) mass is 347 g/mol. The van der Waals surface area contributed by atoms with E-state index in [2.05, 4.69) is 10.1 Å². The molecule has 128 valence electrons. The highest BCUT2D eigenvalue weighted by molar-refractivity contribution is 7.99. The number of methoxy groups -OCH3 is 1. The number of esters is 1. The lowest BCUT2D eigenvalue weighted by Gasteiger charge is -2.13. The van der Waals surface area contributed by atoms with Crippen molar-refractivity contribution >= 4 is 23.6 Å². The number of carbonyl (C=O) groups excluding carboxylic acids is 2. The number of carbonyl (C=O) groups is 2. The molecule has 0 fully saturated rings. The molecule has 0 spiro atoms. The molecule has 0 saturated heterocycles. The topological polar surface area (TPSA) is 68.5 Å². The van der Waals surface area contributed by atoms with Gasteiger partial charge in [-0.2, -0.15) is 0 Å². The number of nitrogens with one attached hydrogen (secondary N) is 1. The highest BCUT2D eigenvalue weighted by Gasteiger charge is 2.16. The maximum Gasteiger partial charge on any atom is 0.341 e. The van der Waals surface area contributed by atoms with Gasteiger partial charge in [-0.3, -0.25) is 4.79 Å². The third-order valence-electron chi connectivity index (χ3n) is 3.53. The van der Waals surface area contributed by atoms with Gasteiger partial charge >= 0.3 is 5.97 Å². The Morgan fingerprint density at radius 1 is 1.29 bits per heavy atom. The molecule has 6 heteroatoms. The van der Waals surface area contributed by atoms with Gasteiger partial charge in [-0.25, -0.2) is 4.79 Å². The van der Waals surface area contributed by atoms with E-state index in [9.17, 15) is 9.59 Å². The van der Waals surface area contributed by atoms with Crippen LogP contribution in [0.3, 0.4) is 0 Å². The van der Waals surface area contributed by atoms with Crippen LogP contribution in [0.15, 0.2) is 40.8 Å². The molecule has 5 nitrogen and oxygen atoms in total. The van der Waals surface area contributed by atoms with E-state index in [0.717, 1.165) is 5.56 Å². The number of thioether (sulfide) groups is 1. The molecule has 1 aromatic carbocycles. The van der Waals surface area contributed by atoms with Crippen LogP contribution in [0.2, 0.25) is 0 Å². The van der Waals surface area contributed by atoms with Gasteiger partial charge in [0.2, 0.25) is 5.91 Å². The van der Waals surface area contributed by atoms with Gasteiger partial charge < -0.3 is 14.5 Å². The molecular formula is C18H21NO4S. The highest BCUT2D eigenvalue weighted by Crippen LogP contribution is 2.20. The summed E-state index contributed by atoms with van der Waals surface area (Å²) in [6.07, 6.45) is 0. The van der Waals surface area contributed by atoms with Crippen LogP contribution in [-0.2, 0) is 15.3 Å². The van der Waals surface area contributed by atoms with Crippen molar-refractivity contribution in [2.75, 3.05) is 12.9 Å². The molecule has 0 unspecified atom stereocenters. The standard InChI is InChI=1S/C18H21NO4S/c1-12(14-7-5-4-6-8-14)19-17(20)11-24-10-15-9-16(13(2)23-15)18(21)22-3/h4-9,12H,10-11H2,1-3H3,(H,19,20)/t12-/m1/s1. The number of furan rings is 1. The summed E-state index contributed by atoms with van der Waals surface area (Å²) in [5, 5.41) is 2.96. The van der Waals surface area contributed by atoms with Crippen molar-refractivity contribution in [3.8, 4) is 0 Å². The minimum Gasteiger partial charge on any atom is -0.465 e. The Kier molecular flexibility index (Phi) is 6.49. The quantitative estimate of drug-likeness (QED) is 0.777. The molecule has 1 atom stereocenters. The molecule has 0 radical (unpaired) electrons. The highest BCUT2D eigenvalue weighted by atomic mass is 32.2. The molecule has 0 aliphatic heterocycles. The molecular weight excluding hydrogens is 326 g/mol. The molecule has 1 aromatic heterocycles. The van der Waals surface area contributed by atoms with Crippen molar-refractivity contribution in [1.29, 1.82) is 0 Å². The summed E-state index contributed by atoms with van der Waals surface area (Å²) in [5.74, 6) is 1.58. The predicted molar refractivity (Wildman–Crippen MR) is 93.9 cm³/mol. The fourth-order valence-corrected chi connectivity index (χ4v) is 2.99. The third-order valence-corrected chi connectivity index (χ3v) is 4.48. The first-order chi connectivity index (χ1) is 11.5. The average Bonchev–Trinajstić information content (AvgIpc) is 2.95. The second kappa shape index (κ2) is 8.59. The summed E-state index contributed by atoms with van der Waals surface area (Å²) in [6, 6.07) is 11.4. The summed E-state index contributed by atoms with van der Waals surface area (Å²) >= 11 is 1.44. The Balaban J connectivity index is 1.79. The van der Waals surface area contributed by atoms with Gasteiger partial charge in [-0.05, 0) is 25.5 Å². The second-order valence-electron chi connectivity index (χ2n) is 5.37. The zero-order valence-electron chi connectivity index (χ0n) is 14.0. The molecule has 0 saturated carbocycles. The smallest absolute Gasteiger partial charge is 0.341 e. The fourth-order valence-electron chi connectivity index (χ4n) is 2.28. The minimum atomic E-state index is -0.415. The van der Waals surface area contributed by atoms with Gasteiger partial charge in [0.05, 0.1) is 24.7 Å². The van der Waals surface area contributed by atoms with Crippen molar-refractivity contribution in [3.63, 3.8) is 0 Å². The Bertz CT molecular complexity index is 696. The lowest BCUT2D eigenvalue weighted by Crippen LogP contribution is -2.28. The Labute approximate surface area is 145 Å². The van der Waals surface area contributed by atoms with Gasteiger partial charge in [-0.1, -0.05) is 30.3 Å². The second-order valence-corrected chi connectivity index (χ2v) is 6.35. The molecule has 0 aliphatic rings. The number of hydrogen-bond donors (Lipinski definition) is 1. The fraction of sp³-hybridized carbons (Fsp3) is 0.333. The first kappa shape index (κ1) is 18.1. The first-order valence-corrected chi connectivity index (χ1v) is 8.76. The Morgan fingerprint density at radius 3 is 2.67 bits per heavy atom. The molecule has 24 heavy (non-hydrogen) atoms.